The van der Waals surface area contributed by atoms with E-state index in [4.69, 9.17) is 5.10 Å². The van der Waals surface area contributed by atoms with Crippen molar-refractivity contribution in [3.8, 4) is 16.9 Å². The molecule has 0 aliphatic heterocycles. The van der Waals surface area contributed by atoms with E-state index in [1.807, 2.05) is 66.9 Å². The zero-order valence-corrected chi connectivity index (χ0v) is 20.2. The molecule has 0 saturated heterocycles. The summed E-state index contributed by atoms with van der Waals surface area (Å²) in [6, 6.07) is 26.1. The summed E-state index contributed by atoms with van der Waals surface area (Å²) in [7, 11) is -3.45. The van der Waals surface area contributed by atoms with Crippen molar-refractivity contribution >= 4 is 27.7 Å². The van der Waals surface area contributed by atoms with Crippen LogP contribution in [0.15, 0.2) is 97.2 Å². The summed E-state index contributed by atoms with van der Waals surface area (Å²) in [5, 5.41) is 7.65. The van der Waals surface area contributed by atoms with Crippen molar-refractivity contribution in [2.24, 2.45) is 0 Å². The summed E-state index contributed by atoms with van der Waals surface area (Å²) in [6.45, 7) is 1.80. The molecule has 0 radical (unpaired) electrons. The summed E-state index contributed by atoms with van der Waals surface area (Å²) in [6.07, 6.45) is 6.17. The highest BCUT2D eigenvalue weighted by Gasteiger charge is 2.15. The number of aromatic nitrogens is 2. The number of rotatable bonds is 8. The molecule has 1 heterocycles. The molecule has 0 saturated carbocycles. The van der Waals surface area contributed by atoms with Crippen molar-refractivity contribution in [3.05, 3.63) is 108 Å². The molecule has 4 aromatic rings. The van der Waals surface area contributed by atoms with Gasteiger partial charge in [-0.1, -0.05) is 66.7 Å². The Labute approximate surface area is 205 Å². The molecule has 35 heavy (non-hydrogen) atoms. The average Bonchev–Trinajstić information content (AvgIpc) is 3.27. The minimum atomic E-state index is -3.45. The third-order valence-electron chi connectivity index (χ3n) is 5.31. The Morgan fingerprint density at radius 2 is 1.57 bits per heavy atom. The predicted octanol–water partition coefficient (Wildman–Crippen LogP) is 4.80. The molecule has 0 aliphatic carbocycles. The Balaban J connectivity index is 1.57. The molecule has 0 spiro atoms. The summed E-state index contributed by atoms with van der Waals surface area (Å²) >= 11 is 0. The van der Waals surface area contributed by atoms with Gasteiger partial charge in [-0.05, 0) is 36.8 Å². The van der Waals surface area contributed by atoms with Crippen LogP contribution in [0.4, 0.5) is 5.69 Å². The van der Waals surface area contributed by atoms with Gasteiger partial charge in [0.15, 0.2) is 0 Å². The van der Waals surface area contributed by atoms with E-state index < -0.39 is 16.1 Å². The summed E-state index contributed by atoms with van der Waals surface area (Å²) in [4.78, 5) is 12.8. The maximum absolute atomic E-state index is 12.8. The first-order valence-corrected chi connectivity index (χ1v) is 12.9. The third kappa shape index (κ3) is 6.24. The molecule has 3 aromatic carbocycles. The van der Waals surface area contributed by atoms with Gasteiger partial charge in [-0.2, -0.15) is 5.10 Å². The highest BCUT2D eigenvalue weighted by atomic mass is 32.2. The molecular formula is C27H26N4O3S. The maximum Gasteiger partial charge on any atom is 0.244 e. The van der Waals surface area contributed by atoms with E-state index in [9.17, 15) is 13.2 Å². The number of anilines is 1. The fourth-order valence-corrected chi connectivity index (χ4v) is 4.30. The average molecular weight is 487 g/mol. The molecule has 1 aromatic heterocycles. The Hall–Kier alpha value is -4.17. The van der Waals surface area contributed by atoms with Crippen LogP contribution in [0.2, 0.25) is 0 Å². The Kier molecular flexibility index (Phi) is 7.12. The van der Waals surface area contributed by atoms with Crippen LogP contribution in [0.1, 0.15) is 24.1 Å². The second kappa shape index (κ2) is 10.4. The number of para-hydroxylation sites is 2. The van der Waals surface area contributed by atoms with E-state index in [2.05, 4.69) is 10.0 Å². The monoisotopic (exact) mass is 486 g/mol. The van der Waals surface area contributed by atoms with Crippen molar-refractivity contribution in [2.45, 2.75) is 13.0 Å². The van der Waals surface area contributed by atoms with E-state index >= 15 is 0 Å². The van der Waals surface area contributed by atoms with Gasteiger partial charge in [-0.25, -0.2) is 13.1 Å². The number of hydrogen-bond acceptors (Lipinski definition) is 4. The lowest BCUT2D eigenvalue weighted by Crippen LogP contribution is -2.25. The molecule has 0 aliphatic rings. The predicted molar refractivity (Wildman–Crippen MR) is 140 cm³/mol. The lowest BCUT2D eigenvalue weighted by atomic mass is 10.1. The Morgan fingerprint density at radius 1 is 0.943 bits per heavy atom. The molecule has 178 valence electrons. The molecule has 1 amide bonds. The van der Waals surface area contributed by atoms with E-state index in [1.165, 1.54) is 6.08 Å². The van der Waals surface area contributed by atoms with Crippen LogP contribution in [-0.2, 0) is 14.8 Å². The van der Waals surface area contributed by atoms with Gasteiger partial charge in [-0.15, -0.1) is 0 Å². The van der Waals surface area contributed by atoms with Crippen molar-refractivity contribution < 1.29 is 13.2 Å². The van der Waals surface area contributed by atoms with Gasteiger partial charge in [0.1, 0.15) is 0 Å². The second-order valence-electron chi connectivity index (χ2n) is 8.10. The van der Waals surface area contributed by atoms with Crippen molar-refractivity contribution in [3.63, 3.8) is 0 Å². The molecule has 8 heteroatoms. The summed E-state index contributed by atoms with van der Waals surface area (Å²) in [5.74, 6) is -0.307. The number of sulfonamides is 1. The van der Waals surface area contributed by atoms with E-state index in [0.717, 1.165) is 28.8 Å². The standard InChI is InChI=1S/C27H26N4O3S/c1-20(24-15-9-10-16-25(24)30-35(2,33)34)28-26(32)18-17-22-19-31(23-13-7-4-8-14-23)29-27(22)21-11-5-3-6-12-21/h3-20,30H,1-2H3,(H,28,32)/b18-17+. The first-order chi connectivity index (χ1) is 16.8. The minimum Gasteiger partial charge on any atom is -0.346 e. The van der Waals surface area contributed by atoms with Crippen LogP contribution in [-0.4, -0.2) is 30.4 Å². The summed E-state index contributed by atoms with van der Waals surface area (Å²) in [5.41, 5.74) is 4.51. The topological polar surface area (TPSA) is 93.1 Å². The van der Waals surface area contributed by atoms with Crippen molar-refractivity contribution in [1.29, 1.82) is 0 Å². The summed E-state index contributed by atoms with van der Waals surface area (Å²) < 4.78 is 27.7. The lowest BCUT2D eigenvalue weighted by molar-refractivity contribution is -0.117. The van der Waals surface area contributed by atoms with Crippen LogP contribution < -0.4 is 10.0 Å². The fraction of sp³-hybridized carbons (Fsp3) is 0.111. The zero-order chi connectivity index (χ0) is 24.8. The maximum atomic E-state index is 12.8. The van der Waals surface area contributed by atoms with Crippen LogP contribution in [0.25, 0.3) is 23.0 Å². The smallest absolute Gasteiger partial charge is 0.244 e. The number of nitrogens with one attached hydrogen (secondary N) is 2. The normalized spacial score (nSPS) is 12.4. The van der Waals surface area contributed by atoms with Gasteiger partial charge in [0, 0.05) is 23.4 Å². The SMILES string of the molecule is CC(NC(=O)/C=C/c1cn(-c2ccccc2)nc1-c1ccccc1)c1ccccc1NS(C)(=O)=O. The lowest BCUT2D eigenvalue weighted by Gasteiger charge is -2.17. The number of hydrogen-bond donors (Lipinski definition) is 2. The molecule has 1 atom stereocenters. The number of carbonyl (C=O) groups excluding carboxylic acids is 1. The molecule has 2 N–H and O–H groups in total. The molecule has 1 unspecified atom stereocenters. The Bertz CT molecular complexity index is 1450. The molecule has 7 nitrogen and oxygen atoms in total. The van der Waals surface area contributed by atoms with Crippen LogP contribution in [0.3, 0.4) is 0 Å². The zero-order valence-electron chi connectivity index (χ0n) is 19.4. The highest BCUT2D eigenvalue weighted by Crippen LogP contribution is 2.26. The highest BCUT2D eigenvalue weighted by molar-refractivity contribution is 7.92. The van der Waals surface area contributed by atoms with Gasteiger partial charge in [0.25, 0.3) is 0 Å². The largest absolute Gasteiger partial charge is 0.346 e. The van der Waals surface area contributed by atoms with E-state index in [1.54, 1.807) is 41.9 Å². The Morgan fingerprint density at radius 3 is 2.26 bits per heavy atom. The molecular weight excluding hydrogens is 460 g/mol. The number of benzene rings is 3. The van der Waals surface area contributed by atoms with Crippen molar-refractivity contribution in [1.82, 2.24) is 15.1 Å². The van der Waals surface area contributed by atoms with E-state index in [0.29, 0.717) is 11.3 Å². The van der Waals surface area contributed by atoms with Gasteiger partial charge in [0.2, 0.25) is 15.9 Å². The van der Waals surface area contributed by atoms with Gasteiger partial charge in [0.05, 0.1) is 29.4 Å². The van der Waals surface area contributed by atoms with Crippen LogP contribution >= 0.6 is 0 Å². The number of carbonyl (C=O) groups is 1. The van der Waals surface area contributed by atoms with Gasteiger partial charge >= 0.3 is 0 Å². The second-order valence-corrected chi connectivity index (χ2v) is 9.85. The fourth-order valence-electron chi connectivity index (χ4n) is 3.71. The number of amides is 1. The first-order valence-electron chi connectivity index (χ1n) is 11.1. The minimum absolute atomic E-state index is 0.307. The first kappa shape index (κ1) is 24.0. The molecule has 0 fully saturated rings. The van der Waals surface area contributed by atoms with E-state index in [-0.39, 0.29) is 5.91 Å². The van der Waals surface area contributed by atoms with Crippen molar-refractivity contribution in [2.75, 3.05) is 11.0 Å². The van der Waals surface area contributed by atoms with Crippen LogP contribution in [0, 0.1) is 0 Å². The molecule has 4 rings (SSSR count). The van der Waals surface area contributed by atoms with Gasteiger partial charge < -0.3 is 5.32 Å². The van der Waals surface area contributed by atoms with Crippen LogP contribution in [0.5, 0.6) is 0 Å². The number of nitrogens with zero attached hydrogens (tertiary/aromatic N) is 2. The molecule has 0 bridgehead atoms. The third-order valence-corrected chi connectivity index (χ3v) is 5.90. The quantitative estimate of drug-likeness (QED) is 0.350. The van der Waals surface area contributed by atoms with Gasteiger partial charge in [-0.3, -0.25) is 9.52 Å².